The lowest BCUT2D eigenvalue weighted by Crippen LogP contribution is -2.18. The first kappa shape index (κ1) is 19.8. The number of halogens is 3. The monoisotopic (exact) mass is 405 g/mol. The van der Waals surface area contributed by atoms with Gasteiger partial charge in [-0.3, -0.25) is 9.59 Å². The zero-order valence-electron chi connectivity index (χ0n) is 14.4. The third kappa shape index (κ3) is 4.64. The van der Waals surface area contributed by atoms with Crippen molar-refractivity contribution in [3.05, 3.63) is 76.6 Å². The van der Waals surface area contributed by atoms with Crippen molar-refractivity contribution in [2.75, 3.05) is 0 Å². The maximum Gasteiger partial charge on any atom is 0.311 e. The largest absolute Gasteiger partial charge is 0.481 e. The smallest absolute Gasteiger partial charge is 0.311 e. The Hall–Kier alpha value is -3.00. The maximum absolute atomic E-state index is 13.9. The summed E-state index contributed by atoms with van der Waals surface area (Å²) in [6, 6.07) is 8.43. The van der Waals surface area contributed by atoms with E-state index in [-0.39, 0.29) is 12.0 Å². The summed E-state index contributed by atoms with van der Waals surface area (Å²) in [5, 5.41) is 11.5. The molecule has 0 aliphatic heterocycles. The summed E-state index contributed by atoms with van der Waals surface area (Å²) in [7, 11) is 0. The number of thiazole rings is 1. The molecule has 0 radical (unpaired) electrons. The number of hydrogen-bond acceptors (Lipinski definition) is 4. The molecule has 1 atom stereocenters. The minimum atomic E-state index is -1.42. The molecule has 4 nitrogen and oxygen atoms in total. The van der Waals surface area contributed by atoms with Crippen LogP contribution in [0.5, 0.6) is 0 Å². The van der Waals surface area contributed by atoms with Crippen LogP contribution in [0.15, 0.2) is 47.8 Å². The van der Waals surface area contributed by atoms with Gasteiger partial charge in [0.05, 0.1) is 11.6 Å². The van der Waals surface area contributed by atoms with Gasteiger partial charge >= 0.3 is 5.97 Å². The first-order valence-electron chi connectivity index (χ1n) is 8.23. The molecule has 144 valence electrons. The first-order valence-corrected chi connectivity index (χ1v) is 9.11. The second-order valence-electron chi connectivity index (χ2n) is 6.13. The molecule has 28 heavy (non-hydrogen) atoms. The van der Waals surface area contributed by atoms with Crippen LogP contribution in [0.3, 0.4) is 0 Å². The molecule has 3 aromatic rings. The zero-order chi connectivity index (χ0) is 20.3. The SMILES string of the molecule is O=C(Cc1csc(-c2cccc(F)c2)n1)CC(C(=O)O)c1ccc(F)cc1F. The maximum atomic E-state index is 13.9. The minimum Gasteiger partial charge on any atom is -0.481 e. The van der Waals surface area contributed by atoms with Crippen LogP contribution in [0.2, 0.25) is 0 Å². The molecule has 1 heterocycles. The molecule has 0 saturated heterocycles. The minimum absolute atomic E-state index is 0.140. The summed E-state index contributed by atoms with van der Waals surface area (Å²) in [5.41, 5.74) is 0.736. The van der Waals surface area contributed by atoms with E-state index in [1.807, 2.05) is 0 Å². The first-order chi connectivity index (χ1) is 13.3. The summed E-state index contributed by atoms with van der Waals surface area (Å²) in [5.74, 6) is -5.50. The Balaban J connectivity index is 1.73. The van der Waals surface area contributed by atoms with Gasteiger partial charge in [0.15, 0.2) is 0 Å². The van der Waals surface area contributed by atoms with Crippen LogP contribution in [0.4, 0.5) is 13.2 Å². The highest BCUT2D eigenvalue weighted by Gasteiger charge is 2.26. The number of nitrogens with zero attached hydrogens (tertiary/aromatic N) is 1. The Morgan fingerprint density at radius 2 is 1.82 bits per heavy atom. The average molecular weight is 405 g/mol. The second-order valence-corrected chi connectivity index (χ2v) is 6.99. The lowest BCUT2D eigenvalue weighted by Gasteiger charge is -2.12. The van der Waals surface area contributed by atoms with E-state index in [0.717, 1.165) is 12.1 Å². The molecule has 0 fully saturated rings. The van der Waals surface area contributed by atoms with E-state index in [1.165, 1.54) is 23.5 Å². The quantitative estimate of drug-likeness (QED) is 0.624. The Bertz CT molecular complexity index is 1040. The summed E-state index contributed by atoms with van der Waals surface area (Å²) in [4.78, 5) is 28.1. The van der Waals surface area contributed by atoms with Gasteiger partial charge in [-0.1, -0.05) is 18.2 Å². The molecule has 1 N–H and O–H groups in total. The lowest BCUT2D eigenvalue weighted by molar-refractivity contribution is -0.140. The second kappa shape index (κ2) is 8.35. The molecule has 0 amide bonds. The summed E-state index contributed by atoms with van der Waals surface area (Å²) < 4.78 is 40.3. The Morgan fingerprint density at radius 1 is 1.07 bits per heavy atom. The molecular formula is C20H14F3NO3S. The number of Topliss-reactive ketones (excluding diaryl/α,β-unsaturated/α-hetero) is 1. The molecule has 3 rings (SSSR count). The van der Waals surface area contributed by atoms with Gasteiger partial charge in [0, 0.05) is 35.4 Å². The van der Waals surface area contributed by atoms with Gasteiger partial charge in [0.2, 0.25) is 0 Å². The van der Waals surface area contributed by atoms with Crippen LogP contribution in [0, 0.1) is 17.5 Å². The summed E-state index contributed by atoms with van der Waals surface area (Å²) in [6.07, 6.45) is -0.594. The van der Waals surface area contributed by atoms with Crippen molar-refractivity contribution in [3.63, 3.8) is 0 Å². The predicted octanol–water partition coefficient (Wildman–Crippen LogP) is 4.60. The van der Waals surface area contributed by atoms with E-state index in [9.17, 15) is 27.9 Å². The Kier molecular flexibility index (Phi) is 5.89. The highest BCUT2D eigenvalue weighted by atomic mass is 32.1. The zero-order valence-corrected chi connectivity index (χ0v) is 15.2. The Morgan fingerprint density at radius 3 is 2.50 bits per heavy atom. The number of carbonyl (C=O) groups is 2. The number of carboxylic acids is 1. The van der Waals surface area contributed by atoms with Gasteiger partial charge in [0.1, 0.15) is 28.2 Å². The number of ketones is 1. The third-order valence-electron chi connectivity index (χ3n) is 4.07. The molecule has 8 heteroatoms. The molecule has 1 unspecified atom stereocenters. The number of aliphatic carboxylic acids is 1. The lowest BCUT2D eigenvalue weighted by atomic mass is 9.92. The summed E-state index contributed by atoms with van der Waals surface area (Å²) >= 11 is 1.23. The molecule has 0 bridgehead atoms. The van der Waals surface area contributed by atoms with Gasteiger partial charge < -0.3 is 5.11 Å². The van der Waals surface area contributed by atoms with Crippen molar-refractivity contribution in [2.24, 2.45) is 0 Å². The predicted molar refractivity (Wildman–Crippen MR) is 97.6 cm³/mol. The number of rotatable bonds is 7. The van der Waals surface area contributed by atoms with Crippen LogP contribution in [0.1, 0.15) is 23.6 Å². The fourth-order valence-electron chi connectivity index (χ4n) is 2.76. The number of hydrogen-bond donors (Lipinski definition) is 1. The Labute approximate surface area is 162 Å². The van der Waals surface area contributed by atoms with Crippen LogP contribution in [-0.4, -0.2) is 21.8 Å². The number of benzene rings is 2. The molecule has 0 saturated carbocycles. The van der Waals surface area contributed by atoms with Crippen molar-refractivity contribution in [2.45, 2.75) is 18.8 Å². The fraction of sp³-hybridized carbons (Fsp3) is 0.150. The van der Waals surface area contributed by atoms with Gasteiger partial charge in [-0.15, -0.1) is 11.3 Å². The number of carboxylic acid groups (broad SMARTS) is 1. The molecule has 0 aliphatic carbocycles. The van der Waals surface area contributed by atoms with E-state index in [4.69, 9.17) is 0 Å². The van der Waals surface area contributed by atoms with Gasteiger partial charge in [0.25, 0.3) is 0 Å². The van der Waals surface area contributed by atoms with Crippen LogP contribution < -0.4 is 0 Å². The highest BCUT2D eigenvalue weighted by Crippen LogP contribution is 2.27. The molecule has 0 aliphatic rings. The average Bonchev–Trinajstić information content (AvgIpc) is 3.08. The van der Waals surface area contributed by atoms with E-state index >= 15 is 0 Å². The topological polar surface area (TPSA) is 67.3 Å². The molecular weight excluding hydrogens is 391 g/mol. The number of carbonyl (C=O) groups excluding carboxylic acids is 1. The third-order valence-corrected chi connectivity index (χ3v) is 5.01. The molecule has 0 spiro atoms. The van der Waals surface area contributed by atoms with Gasteiger partial charge in [-0.2, -0.15) is 0 Å². The van der Waals surface area contributed by atoms with E-state index < -0.39 is 41.5 Å². The van der Waals surface area contributed by atoms with Crippen LogP contribution in [0.25, 0.3) is 10.6 Å². The summed E-state index contributed by atoms with van der Waals surface area (Å²) in [6.45, 7) is 0. The van der Waals surface area contributed by atoms with Crippen LogP contribution in [-0.2, 0) is 16.0 Å². The van der Waals surface area contributed by atoms with Gasteiger partial charge in [-0.25, -0.2) is 18.2 Å². The van der Waals surface area contributed by atoms with E-state index in [0.29, 0.717) is 22.3 Å². The van der Waals surface area contributed by atoms with Crippen molar-refractivity contribution in [3.8, 4) is 10.6 Å². The van der Waals surface area contributed by atoms with Gasteiger partial charge in [-0.05, 0) is 18.2 Å². The fourth-order valence-corrected chi connectivity index (χ4v) is 3.58. The van der Waals surface area contributed by atoms with Crippen molar-refractivity contribution in [1.82, 2.24) is 4.98 Å². The number of aromatic nitrogens is 1. The van der Waals surface area contributed by atoms with Crippen molar-refractivity contribution in [1.29, 1.82) is 0 Å². The van der Waals surface area contributed by atoms with E-state index in [2.05, 4.69) is 4.98 Å². The standard InChI is InChI=1S/C20H14F3NO3S/c21-12-3-1-2-11(6-12)19-24-14(10-28-19)8-15(25)9-17(20(26)27)16-5-4-13(22)7-18(16)23/h1-7,10,17H,8-9H2,(H,26,27). The van der Waals surface area contributed by atoms with Crippen LogP contribution >= 0.6 is 11.3 Å². The molecule has 1 aromatic heterocycles. The van der Waals surface area contributed by atoms with E-state index in [1.54, 1.807) is 17.5 Å². The van der Waals surface area contributed by atoms with Crippen molar-refractivity contribution >= 4 is 23.1 Å². The highest BCUT2D eigenvalue weighted by molar-refractivity contribution is 7.13. The van der Waals surface area contributed by atoms with Crippen molar-refractivity contribution < 1.29 is 27.9 Å². The molecule has 2 aromatic carbocycles. The normalized spacial score (nSPS) is 12.0.